The largest absolute Gasteiger partial charge is 0.496 e. The Morgan fingerprint density at radius 3 is 2.86 bits per heavy atom. The average molecular weight is 319 g/mol. The van der Waals surface area contributed by atoms with Gasteiger partial charge < -0.3 is 14.3 Å². The predicted molar refractivity (Wildman–Crippen MR) is 88.8 cm³/mol. The molecule has 0 radical (unpaired) electrons. The molecule has 108 valence electrons. The van der Waals surface area contributed by atoms with Crippen LogP contribution in [0.1, 0.15) is 5.56 Å². The SMILES string of the molecule is COc1ccccc1CCn1c(=S)[nH]c2ccc(Cl)cc21. The van der Waals surface area contributed by atoms with Gasteiger partial charge in [-0.15, -0.1) is 0 Å². The highest BCUT2D eigenvalue weighted by molar-refractivity contribution is 7.71. The lowest BCUT2D eigenvalue weighted by molar-refractivity contribution is 0.408. The van der Waals surface area contributed by atoms with Crippen molar-refractivity contribution in [2.45, 2.75) is 13.0 Å². The number of halogens is 1. The molecule has 0 saturated heterocycles. The molecule has 0 spiro atoms. The zero-order valence-corrected chi connectivity index (χ0v) is 13.2. The Kier molecular flexibility index (Phi) is 3.99. The zero-order chi connectivity index (χ0) is 14.8. The van der Waals surface area contributed by atoms with E-state index >= 15 is 0 Å². The van der Waals surface area contributed by atoms with E-state index in [4.69, 9.17) is 28.6 Å². The number of fused-ring (bicyclic) bond motifs is 1. The smallest absolute Gasteiger partial charge is 0.178 e. The third-order valence-corrected chi connectivity index (χ3v) is 4.09. The number of aromatic amines is 1. The summed E-state index contributed by atoms with van der Waals surface area (Å²) in [6, 6.07) is 13.8. The highest BCUT2D eigenvalue weighted by atomic mass is 35.5. The van der Waals surface area contributed by atoms with E-state index in [1.54, 1.807) is 7.11 Å². The van der Waals surface area contributed by atoms with Gasteiger partial charge in [0.15, 0.2) is 4.77 Å². The molecule has 21 heavy (non-hydrogen) atoms. The van der Waals surface area contributed by atoms with Crippen LogP contribution in [0.2, 0.25) is 5.02 Å². The molecule has 0 aliphatic rings. The molecule has 1 aromatic heterocycles. The topological polar surface area (TPSA) is 29.9 Å². The van der Waals surface area contributed by atoms with Crippen LogP contribution < -0.4 is 4.74 Å². The summed E-state index contributed by atoms with van der Waals surface area (Å²) in [6.07, 6.45) is 0.845. The number of aryl methyl sites for hydroxylation is 2. The van der Waals surface area contributed by atoms with Gasteiger partial charge in [-0.25, -0.2) is 0 Å². The lowest BCUT2D eigenvalue weighted by atomic mass is 10.1. The molecule has 0 fully saturated rings. The van der Waals surface area contributed by atoms with E-state index in [-0.39, 0.29) is 0 Å². The van der Waals surface area contributed by atoms with E-state index in [2.05, 4.69) is 15.6 Å². The van der Waals surface area contributed by atoms with Gasteiger partial charge in [0.1, 0.15) is 5.75 Å². The summed E-state index contributed by atoms with van der Waals surface area (Å²) < 4.78 is 8.17. The number of imidazole rings is 1. The van der Waals surface area contributed by atoms with Gasteiger partial charge in [-0.2, -0.15) is 0 Å². The molecule has 0 aliphatic carbocycles. The second kappa shape index (κ2) is 5.92. The van der Waals surface area contributed by atoms with Gasteiger partial charge in [-0.3, -0.25) is 0 Å². The van der Waals surface area contributed by atoms with Gasteiger partial charge in [-0.05, 0) is 48.5 Å². The van der Waals surface area contributed by atoms with Gasteiger partial charge in [0, 0.05) is 11.6 Å². The Balaban J connectivity index is 1.93. The first kappa shape index (κ1) is 14.2. The lowest BCUT2D eigenvalue weighted by Gasteiger charge is -2.09. The molecule has 0 saturated carbocycles. The maximum absolute atomic E-state index is 6.08. The van der Waals surface area contributed by atoms with Crippen LogP contribution >= 0.6 is 23.8 Å². The van der Waals surface area contributed by atoms with Gasteiger partial charge in [0.2, 0.25) is 0 Å². The summed E-state index contributed by atoms with van der Waals surface area (Å²) in [5.41, 5.74) is 3.20. The highest BCUT2D eigenvalue weighted by Crippen LogP contribution is 2.22. The van der Waals surface area contributed by atoms with Crippen LogP contribution in [-0.2, 0) is 13.0 Å². The van der Waals surface area contributed by atoms with Crippen molar-refractivity contribution in [3.63, 3.8) is 0 Å². The number of rotatable bonds is 4. The number of methoxy groups -OCH3 is 1. The number of H-pyrrole nitrogens is 1. The Labute approximate surface area is 133 Å². The molecule has 3 aromatic rings. The van der Waals surface area contributed by atoms with E-state index in [9.17, 15) is 0 Å². The summed E-state index contributed by atoms with van der Waals surface area (Å²) in [4.78, 5) is 3.21. The van der Waals surface area contributed by atoms with Crippen molar-refractivity contribution in [2.24, 2.45) is 0 Å². The van der Waals surface area contributed by atoms with E-state index in [0.717, 1.165) is 29.7 Å². The van der Waals surface area contributed by atoms with Crippen LogP contribution in [0.15, 0.2) is 42.5 Å². The highest BCUT2D eigenvalue weighted by Gasteiger charge is 2.07. The fraction of sp³-hybridized carbons (Fsp3) is 0.188. The van der Waals surface area contributed by atoms with Gasteiger partial charge >= 0.3 is 0 Å². The first-order chi connectivity index (χ1) is 10.2. The van der Waals surface area contributed by atoms with Crippen LogP contribution in [0.4, 0.5) is 0 Å². The summed E-state index contributed by atoms with van der Waals surface area (Å²) >= 11 is 11.5. The quantitative estimate of drug-likeness (QED) is 0.712. The van der Waals surface area contributed by atoms with Crippen molar-refractivity contribution in [3.05, 3.63) is 57.8 Å². The number of para-hydroxylation sites is 1. The monoisotopic (exact) mass is 318 g/mol. The fourth-order valence-electron chi connectivity index (χ4n) is 2.49. The zero-order valence-electron chi connectivity index (χ0n) is 11.6. The number of nitrogens with one attached hydrogen (secondary N) is 1. The summed E-state index contributed by atoms with van der Waals surface area (Å²) in [6.45, 7) is 0.777. The molecule has 1 heterocycles. The molecule has 0 amide bonds. The van der Waals surface area contributed by atoms with Crippen LogP contribution in [0.3, 0.4) is 0 Å². The van der Waals surface area contributed by atoms with Gasteiger partial charge in [0.25, 0.3) is 0 Å². The van der Waals surface area contributed by atoms with Gasteiger partial charge in [-0.1, -0.05) is 29.8 Å². The van der Waals surface area contributed by atoms with Gasteiger partial charge in [0.05, 0.1) is 18.1 Å². The minimum Gasteiger partial charge on any atom is -0.496 e. The summed E-state index contributed by atoms with van der Waals surface area (Å²) in [7, 11) is 1.69. The molecule has 2 aromatic carbocycles. The molecule has 1 N–H and O–H groups in total. The van der Waals surface area contributed by atoms with E-state index < -0.39 is 0 Å². The Morgan fingerprint density at radius 1 is 1.24 bits per heavy atom. The van der Waals surface area contributed by atoms with E-state index in [0.29, 0.717) is 9.79 Å². The van der Waals surface area contributed by atoms with Crippen molar-refractivity contribution in [1.29, 1.82) is 0 Å². The maximum Gasteiger partial charge on any atom is 0.178 e. The van der Waals surface area contributed by atoms with E-state index in [1.807, 2.05) is 36.4 Å². The fourth-order valence-corrected chi connectivity index (χ4v) is 2.96. The second-order valence-corrected chi connectivity index (χ2v) is 5.63. The Hall–Kier alpha value is -1.78. The van der Waals surface area contributed by atoms with Crippen LogP contribution in [0.5, 0.6) is 5.75 Å². The number of aromatic nitrogens is 2. The summed E-state index contributed by atoms with van der Waals surface area (Å²) in [5.74, 6) is 0.905. The van der Waals surface area contributed by atoms with Crippen molar-refractivity contribution < 1.29 is 4.74 Å². The third-order valence-electron chi connectivity index (χ3n) is 3.53. The van der Waals surface area contributed by atoms with E-state index in [1.165, 1.54) is 5.56 Å². The molecule has 5 heteroatoms. The first-order valence-electron chi connectivity index (χ1n) is 6.69. The number of ether oxygens (including phenoxy) is 1. The van der Waals surface area contributed by atoms with Crippen LogP contribution in [0, 0.1) is 4.77 Å². The maximum atomic E-state index is 6.08. The summed E-state index contributed by atoms with van der Waals surface area (Å²) in [5, 5.41) is 0.711. The number of hydrogen-bond acceptors (Lipinski definition) is 2. The lowest BCUT2D eigenvalue weighted by Crippen LogP contribution is -2.02. The van der Waals surface area contributed by atoms with Crippen molar-refractivity contribution >= 4 is 34.9 Å². The third kappa shape index (κ3) is 2.82. The van der Waals surface area contributed by atoms with Crippen molar-refractivity contribution in [3.8, 4) is 5.75 Å². The minimum atomic E-state index is 0.710. The van der Waals surface area contributed by atoms with Crippen molar-refractivity contribution in [2.75, 3.05) is 7.11 Å². The molecule has 0 unspecified atom stereocenters. The Morgan fingerprint density at radius 2 is 2.05 bits per heavy atom. The average Bonchev–Trinajstić information content (AvgIpc) is 2.80. The molecule has 0 aliphatic heterocycles. The number of hydrogen-bond donors (Lipinski definition) is 1. The molecule has 0 atom stereocenters. The van der Waals surface area contributed by atoms with Crippen LogP contribution in [-0.4, -0.2) is 16.7 Å². The Bertz CT molecular complexity index is 838. The number of benzene rings is 2. The molecular formula is C16H15ClN2OS. The van der Waals surface area contributed by atoms with Crippen LogP contribution in [0.25, 0.3) is 11.0 Å². The first-order valence-corrected chi connectivity index (χ1v) is 7.47. The van der Waals surface area contributed by atoms with Crippen molar-refractivity contribution in [1.82, 2.24) is 9.55 Å². The molecule has 3 nitrogen and oxygen atoms in total. The minimum absolute atomic E-state index is 0.710. The number of nitrogens with zero attached hydrogens (tertiary/aromatic N) is 1. The normalized spacial score (nSPS) is 11.0. The molecular weight excluding hydrogens is 304 g/mol. The second-order valence-electron chi connectivity index (χ2n) is 4.81. The molecule has 3 rings (SSSR count). The predicted octanol–water partition coefficient (Wildman–Crippen LogP) is 4.60. The standard InChI is InChI=1S/C16H15ClN2OS/c1-20-15-5-3-2-4-11(15)8-9-19-14-10-12(17)6-7-13(14)18-16(19)21/h2-7,10H,8-9H2,1H3,(H,18,21). The molecule has 0 bridgehead atoms.